The standard InChI is InChI=1S/C16H21N3O4/c1-2-3-10-4-6-11(7-5-10)12-8-19(18-17-12)16-15(22)14(21)13(9-20)23-16/h4-8,13-16,20-22H,2-3,9H2,1H3/t13-,14-,15-,16-/m0/s1. The number of aliphatic hydroxyl groups is 3. The summed E-state index contributed by atoms with van der Waals surface area (Å²) in [6.07, 6.45) is -0.191. The Morgan fingerprint density at radius 3 is 2.52 bits per heavy atom. The first-order valence-corrected chi connectivity index (χ1v) is 7.77. The Hall–Kier alpha value is -1.80. The summed E-state index contributed by atoms with van der Waals surface area (Å²) in [6, 6.07) is 8.09. The quantitative estimate of drug-likeness (QED) is 0.742. The normalized spacial score (nSPS) is 27.5. The molecule has 1 fully saturated rings. The van der Waals surface area contributed by atoms with Gasteiger partial charge >= 0.3 is 0 Å². The molecule has 1 aliphatic rings. The van der Waals surface area contributed by atoms with E-state index >= 15 is 0 Å². The molecule has 0 saturated carbocycles. The maximum absolute atomic E-state index is 10.0. The second kappa shape index (κ2) is 6.76. The maximum Gasteiger partial charge on any atom is 0.180 e. The second-order valence-electron chi connectivity index (χ2n) is 5.76. The highest BCUT2D eigenvalue weighted by Gasteiger charge is 2.43. The minimum Gasteiger partial charge on any atom is -0.394 e. The van der Waals surface area contributed by atoms with Crippen LogP contribution in [0.2, 0.25) is 0 Å². The second-order valence-corrected chi connectivity index (χ2v) is 5.76. The fourth-order valence-corrected chi connectivity index (χ4v) is 2.76. The first-order chi connectivity index (χ1) is 11.1. The fourth-order valence-electron chi connectivity index (χ4n) is 2.76. The number of nitrogens with zero attached hydrogens (tertiary/aromatic N) is 3. The van der Waals surface area contributed by atoms with E-state index in [1.54, 1.807) is 6.20 Å². The topological polar surface area (TPSA) is 101 Å². The van der Waals surface area contributed by atoms with Crippen LogP contribution in [0, 0.1) is 0 Å². The Balaban J connectivity index is 1.78. The SMILES string of the molecule is CCCc1ccc(-c2cn([C@H]3O[C@@H](CO)[C@H](O)[C@@H]3O)nn2)cc1. The van der Waals surface area contributed by atoms with Gasteiger partial charge in [0.05, 0.1) is 12.8 Å². The first-order valence-electron chi connectivity index (χ1n) is 7.77. The van der Waals surface area contributed by atoms with Crippen LogP contribution in [0.3, 0.4) is 0 Å². The molecule has 4 atom stereocenters. The smallest absolute Gasteiger partial charge is 0.180 e. The highest BCUT2D eigenvalue weighted by atomic mass is 16.6. The van der Waals surface area contributed by atoms with E-state index in [4.69, 9.17) is 9.84 Å². The lowest BCUT2D eigenvalue weighted by molar-refractivity contribution is -0.0593. The van der Waals surface area contributed by atoms with Gasteiger partial charge in [-0.3, -0.25) is 0 Å². The van der Waals surface area contributed by atoms with Gasteiger partial charge in [-0.05, 0) is 12.0 Å². The van der Waals surface area contributed by atoms with Gasteiger partial charge in [0.1, 0.15) is 24.0 Å². The predicted octanol–water partition coefficient (Wildman–Crippen LogP) is 0.509. The Labute approximate surface area is 134 Å². The van der Waals surface area contributed by atoms with Crippen molar-refractivity contribution in [2.45, 2.75) is 44.3 Å². The Morgan fingerprint density at radius 1 is 1.17 bits per heavy atom. The number of ether oxygens (including phenoxy) is 1. The molecule has 0 aliphatic carbocycles. The molecule has 23 heavy (non-hydrogen) atoms. The van der Waals surface area contributed by atoms with Gasteiger partial charge in [0.2, 0.25) is 0 Å². The molecule has 1 aliphatic heterocycles. The average molecular weight is 319 g/mol. The van der Waals surface area contributed by atoms with Crippen molar-refractivity contribution < 1.29 is 20.1 Å². The Morgan fingerprint density at radius 2 is 1.91 bits per heavy atom. The van der Waals surface area contributed by atoms with Crippen molar-refractivity contribution in [3.8, 4) is 11.3 Å². The molecule has 0 radical (unpaired) electrons. The average Bonchev–Trinajstić information content (AvgIpc) is 3.15. The van der Waals surface area contributed by atoms with E-state index in [1.807, 2.05) is 12.1 Å². The molecule has 1 saturated heterocycles. The van der Waals surface area contributed by atoms with Crippen LogP contribution >= 0.6 is 0 Å². The lowest BCUT2D eigenvalue weighted by Crippen LogP contribution is -2.33. The fraction of sp³-hybridized carbons (Fsp3) is 0.500. The molecule has 7 heteroatoms. The number of aromatic nitrogens is 3. The summed E-state index contributed by atoms with van der Waals surface area (Å²) >= 11 is 0. The molecule has 124 valence electrons. The Bertz CT molecular complexity index is 643. The first kappa shape index (κ1) is 16.1. The maximum atomic E-state index is 10.0. The molecular weight excluding hydrogens is 298 g/mol. The molecule has 1 aromatic heterocycles. The summed E-state index contributed by atoms with van der Waals surface area (Å²) < 4.78 is 6.81. The lowest BCUT2D eigenvalue weighted by Gasteiger charge is -2.13. The largest absolute Gasteiger partial charge is 0.394 e. The van der Waals surface area contributed by atoms with E-state index in [-0.39, 0.29) is 6.61 Å². The molecule has 3 rings (SSSR count). The molecule has 0 bridgehead atoms. The zero-order chi connectivity index (χ0) is 16.4. The van der Waals surface area contributed by atoms with Crippen molar-refractivity contribution >= 4 is 0 Å². The predicted molar refractivity (Wildman–Crippen MR) is 82.5 cm³/mol. The van der Waals surface area contributed by atoms with E-state index in [0.717, 1.165) is 18.4 Å². The monoisotopic (exact) mass is 319 g/mol. The molecule has 2 aromatic rings. The van der Waals surface area contributed by atoms with Gasteiger partial charge in [0.15, 0.2) is 6.23 Å². The van der Waals surface area contributed by atoms with Gasteiger partial charge in [0, 0.05) is 5.56 Å². The molecule has 0 amide bonds. The molecule has 7 nitrogen and oxygen atoms in total. The van der Waals surface area contributed by atoms with Crippen LogP contribution in [0.4, 0.5) is 0 Å². The number of hydrogen-bond acceptors (Lipinski definition) is 6. The lowest BCUT2D eigenvalue weighted by atomic mass is 10.1. The summed E-state index contributed by atoms with van der Waals surface area (Å²) in [6.45, 7) is 1.77. The van der Waals surface area contributed by atoms with Crippen molar-refractivity contribution in [1.82, 2.24) is 15.0 Å². The van der Waals surface area contributed by atoms with Gasteiger partial charge < -0.3 is 20.1 Å². The van der Waals surface area contributed by atoms with Crippen LogP contribution in [-0.2, 0) is 11.2 Å². The number of benzene rings is 1. The Kier molecular flexibility index (Phi) is 4.72. The van der Waals surface area contributed by atoms with Crippen molar-refractivity contribution in [3.05, 3.63) is 36.0 Å². The van der Waals surface area contributed by atoms with Crippen LogP contribution in [0.25, 0.3) is 11.3 Å². The number of aryl methyl sites for hydroxylation is 1. The van der Waals surface area contributed by atoms with E-state index in [2.05, 4.69) is 29.4 Å². The number of aliphatic hydroxyl groups excluding tert-OH is 3. The molecule has 0 spiro atoms. The van der Waals surface area contributed by atoms with Crippen LogP contribution < -0.4 is 0 Å². The van der Waals surface area contributed by atoms with Crippen LogP contribution in [0.5, 0.6) is 0 Å². The molecule has 0 unspecified atom stereocenters. The van der Waals surface area contributed by atoms with Crippen molar-refractivity contribution in [1.29, 1.82) is 0 Å². The summed E-state index contributed by atoms with van der Waals surface area (Å²) in [7, 11) is 0. The third-order valence-electron chi connectivity index (χ3n) is 4.08. The molecule has 3 N–H and O–H groups in total. The zero-order valence-corrected chi connectivity index (χ0v) is 12.9. The molecular formula is C16H21N3O4. The van der Waals surface area contributed by atoms with Gasteiger partial charge in [-0.15, -0.1) is 5.10 Å². The van der Waals surface area contributed by atoms with Crippen LogP contribution in [0.15, 0.2) is 30.5 Å². The zero-order valence-electron chi connectivity index (χ0n) is 12.9. The van der Waals surface area contributed by atoms with E-state index in [1.165, 1.54) is 10.2 Å². The van der Waals surface area contributed by atoms with Gasteiger partial charge in [-0.25, -0.2) is 4.68 Å². The summed E-state index contributed by atoms with van der Waals surface area (Å²) in [5.74, 6) is 0. The van der Waals surface area contributed by atoms with Crippen molar-refractivity contribution in [2.24, 2.45) is 0 Å². The van der Waals surface area contributed by atoms with Crippen LogP contribution in [0.1, 0.15) is 25.1 Å². The van der Waals surface area contributed by atoms with Gasteiger partial charge in [-0.1, -0.05) is 42.8 Å². The summed E-state index contributed by atoms with van der Waals surface area (Å²) in [5, 5.41) is 37.0. The van der Waals surface area contributed by atoms with E-state index in [0.29, 0.717) is 5.69 Å². The van der Waals surface area contributed by atoms with E-state index < -0.39 is 24.5 Å². The highest BCUT2D eigenvalue weighted by Crippen LogP contribution is 2.29. The third-order valence-corrected chi connectivity index (χ3v) is 4.08. The van der Waals surface area contributed by atoms with Crippen molar-refractivity contribution in [3.63, 3.8) is 0 Å². The number of hydrogen-bond donors (Lipinski definition) is 3. The third kappa shape index (κ3) is 3.13. The summed E-state index contributed by atoms with van der Waals surface area (Å²) in [4.78, 5) is 0. The number of rotatable bonds is 5. The molecule has 2 heterocycles. The minimum absolute atomic E-state index is 0.366. The summed E-state index contributed by atoms with van der Waals surface area (Å²) in [5.41, 5.74) is 2.85. The van der Waals surface area contributed by atoms with Crippen LogP contribution in [-0.4, -0.2) is 55.2 Å². The minimum atomic E-state index is -1.16. The van der Waals surface area contributed by atoms with Crippen molar-refractivity contribution in [2.75, 3.05) is 6.61 Å². The van der Waals surface area contributed by atoms with E-state index in [9.17, 15) is 10.2 Å². The highest BCUT2D eigenvalue weighted by molar-refractivity contribution is 5.58. The van der Waals surface area contributed by atoms with Gasteiger partial charge in [0.25, 0.3) is 0 Å². The molecule has 1 aromatic carbocycles. The van der Waals surface area contributed by atoms with Gasteiger partial charge in [-0.2, -0.15) is 0 Å².